The molecule has 0 spiro atoms. The van der Waals surface area contributed by atoms with Crippen LogP contribution in [0.1, 0.15) is 71.3 Å². The highest BCUT2D eigenvalue weighted by Crippen LogP contribution is 2.40. The quantitative estimate of drug-likeness (QED) is 0.493. The number of hydrogen-bond acceptors (Lipinski definition) is 3. The third-order valence-electron chi connectivity index (χ3n) is 4.84. The highest BCUT2D eigenvalue weighted by atomic mass is 16.5. The van der Waals surface area contributed by atoms with Gasteiger partial charge < -0.3 is 9.15 Å². The molecule has 0 saturated heterocycles. The maximum Gasteiger partial charge on any atom is 0.305 e. The van der Waals surface area contributed by atoms with Gasteiger partial charge in [-0.2, -0.15) is 0 Å². The second kappa shape index (κ2) is 9.48. The van der Waals surface area contributed by atoms with Gasteiger partial charge in [-0.25, -0.2) is 0 Å². The van der Waals surface area contributed by atoms with Crippen molar-refractivity contribution in [2.45, 2.75) is 66.2 Å². The third kappa shape index (κ3) is 5.95. The van der Waals surface area contributed by atoms with Crippen molar-refractivity contribution in [2.75, 3.05) is 6.61 Å². The molecule has 0 radical (unpaired) electrons. The Morgan fingerprint density at radius 1 is 1.38 bits per heavy atom. The van der Waals surface area contributed by atoms with Gasteiger partial charge in [0.25, 0.3) is 0 Å². The fourth-order valence-electron chi connectivity index (χ4n) is 3.47. The predicted molar refractivity (Wildman–Crippen MR) is 105 cm³/mol. The Labute approximate surface area is 157 Å². The number of aryl methyl sites for hydroxylation is 1. The summed E-state index contributed by atoms with van der Waals surface area (Å²) >= 11 is 0. The van der Waals surface area contributed by atoms with Crippen LogP contribution in [0.25, 0.3) is 0 Å². The Bertz CT molecular complexity index is 735. The standard InChI is InChI=1S/C23H30O3/c1-5-25-22(24)14-8-12-20-16-15-19(26-20)11-6-7-13-21-18(2)10-9-17-23(21,3)4/h7,13,15-16H,5,8-10,12,14,17H2,1-4H3. The number of esters is 1. The Balaban J connectivity index is 1.89. The zero-order valence-corrected chi connectivity index (χ0v) is 16.5. The van der Waals surface area contributed by atoms with Crippen molar-refractivity contribution in [3.05, 3.63) is 47.0 Å². The summed E-state index contributed by atoms with van der Waals surface area (Å²) in [4.78, 5) is 11.3. The minimum atomic E-state index is -0.153. The van der Waals surface area contributed by atoms with Crippen LogP contribution in [0.5, 0.6) is 0 Å². The molecule has 140 valence electrons. The van der Waals surface area contributed by atoms with Gasteiger partial charge in [0, 0.05) is 12.8 Å². The molecule has 1 aliphatic carbocycles. The molecule has 0 unspecified atom stereocenters. The molecule has 0 fully saturated rings. The molecule has 0 amide bonds. The SMILES string of the molecule is CCOC(=O)CCCc1ccc(C#CC=CC2=C(C)CCCC2(C)C)o1. The molecular weight excluding hydrogens is 324 g/mol. The van der Waals surface area contributed by atoms with Crippen molar-refractivity contribution in [1.82, 2.24) is 0 Å². The number of carbonyl (C=O) groups is 1. The van der Waals surface area contributed by atoms with Crippen LogP contribution in [0.2, 0.25) is 0 Å². The number of hydrogen-bond donors (Lipinski definition) is 0. The van der Waals surface area contributed by atoms with E-state index in [-0.39, 0.29) is 11.4 Å². The summed E-state index contributed by atoms with van der Waals surface area (Å²) in [6.07, 6.45) is 9.63. The lowest BCUT2D eigenvalue weighted by Gasteiger charge is -2.32. The van der Waals surface area contributed by atoms with Gasteiger partial charge >= 0.3 is 5.97 Å². The topological polar surface area (TPSA) is 39.4 Å². The monoisotopic (exact) mass is 354 g/mol. The summed E-state index contributed by atoms with van der Waals surface area (Å²) in [5, 5.41) is 0. The Morgan fingerprint density at radius 2 is 2.19 bits per heavy atom. The van der Waals surface area contributed by atoms with Crippen molar-refractivity contribution in [3.63, 3.8) is 0 Å². The van der Waals surface area contributed by atoms with Gasteiger partial charge in [-0.1, -0.05) is 31.4 Å². The van der Waals surface area contributed by atoms with Crippen molar-refractivity contribution < 1.29 is 13.9 Å². The fourth-order valence-corrected chi connectivity index (χ4v) is 3.47. The fraction of sp³-hybridized carbons (Fsp3) is 0.522. The zero-order valence-electron chi connectivity index (χ0n) is 16.5. The van der Waals surface area contributed by atoms with Crippen LogP contribution < -0.4 is 0 Å². The van der Waals surface area contributed by atoms with Crippen LogP contribution in [0.4, 0.5) is 0 Å². The second-order valence-corrected chi connectivity index (χ2v) is 7.46. The Morgan fingerprint density at radius 3 is 2.92 bits per heavy atom. The van der Waals surface area contributed by atoms with Crippen LogP contribution in [0.15, 0.2) is 39.8 Å². The molecule has 0 bridgehead atoms. The van der Waals surface area contributed by atoms with Gasteiger partial charge in [0.05, 0.1) is 6.61 Å². The minimum Gasteiger partial charge on any atom is -0.466 e. The van der Waals surface area contributed by atoms with Gasteiger partial charge in [0.2, 0.25) is 0 Å². The predicted octanol–water partition coefficient (Wildman–Crippen LogP) is 5.60. The Kier molecular flexibility index (Phi) is 7.33. The highest BCUT2D eigenvalue weighted by molar-refractivity contribution is 5.69. The van der Waals surface area contributed by atoms with Gasteiger partial charge in [0.15, 0.2) is 5.76 Å². The van der Waals surface area contributed by atoms with Crippen molar-refractivity contribution in [1.29, 1.82) is 0 Å². The molecule has 1 heterocycles. The van der Waals surface area contributed by atoms with E-state index in [4.69, 9.17) is 9.15 Å². The van der Waals surface area contributed by atoms with Crippen LogP contribution >= 0.6 is 0 Å². The molecule has 1 aromatic heterocycles. The number of allylic oxidation sites excluding steroid dienone is 4. The van der Waals surface area contributed by atoms with Crippen LogP contribution in [-0.4, -0.2) is 12.6 Å². The normalized spacial score (nSPS) is 16.5. The van der Waals surface area contributed by atoms with E-state index in [1.807, 2.05) is 25.1 Å². The lowest BCUT2D eigenvalue weighted by atomic mass is 9.73. The highest BCUT2D eigenvalue weighted by Gasteiger charge is 2.26. The summed E-state index contributed by atoms with van der Waals surface area (Å²) < 4.78 is 10.6. The van der Waals surface area contributed by atoms with Crippen molar-refractivity contribution in [2.24, 2.45) is 5.41 Å². The van der Waals surface area contributed by atoms with Gasteiger partial charge in [-0.15, -0.1) is 0 Å². The van der Waals surface area contributed by atoms with E-state index in [0.717, 1.165) is 18.6 Å². The summed E-state index contributed by atoms with van der Waals surface area (Å²) in [5.74, 6) is 7.49. The first kappa shape index (κ1) is 20.1. The molecule has 1 aliphatic rings. The van der Waals surface area contributed by atoms with Crippen LogP contribution in [0.3, 0.4) is 0 Å². The van der Waals surface area contributed by atoms with E-state index in [1.165, 1.54) is 30.4 Å². The lowest BCUT2D eigenvalue weighted by Crippen LogP contribution is -2.18. The molecule has 2 rings (SSSR count). The zero-order chi connectivity index (χ0) is 19.0. The van der Waals surface area contributed by atoms with E-state index in [9.17, 15) is 4.79 Å². The van der Waals surface area contributed by atoms with E-state index in [1.54, 1.807) is 0 Å². The maximum atomic E-state index is 11.3. The molecule has 0 N–H and O–H groups in total. The van der Waals surface area contributed by atoms with Crippen LogP contribution in [-0.2, 0) is 16.0 Å². The largest absolute Gasteiger partial charge is 0.466 e. The van der Waals surface area contributed by atoms with Gasteiger partial charge in [-0.3, -0.25) is 4.79 Å². The molecular formula is C23H30O3. The molecule has 0 saturated carbocycles. The molecule has 26 heavy (non-hydrogen) atoms. The number of furan rings is 1. The summed E-state index contributed by atoms with van der Waals surface area (Å²) in [5.41, 5.74) is 3.12. The van der Waals surface area contributed by atoms with E-state index < -0.39 is 0 Å². The average molecular weight is 354 g/mol. The first-order chi connectivity index (χ1) is 12.4. The molecule has 3 nitrogen and oxygen atoms in total. The first-order valence-electron chi connectivity index (χ1n) is 9.55. The summed E-state index contributed by atoms with van der Waals surface area (Å²) in [6, 6.07) is 3.81. The minimum absolute atomic E-state index is 0.153. The van der Waals surface area contributed by atoms with Gasteiger partial charge in [0.1, 0.15) is 5.76 Å². The Hall–Kier alpha value is -2.21. The first-order valence-corrected chi connectivity index (χ1v) is 9.55. The lowest BCUT2D eigenvalue weighted by molar-refractivity contribution is -0.143. The van der Waals surface area contributed by atoms with E-state index in [2.05, 4.69) is 38.7 Å². The molecule has 0 aliphatic heterocycles. The third-order valence-corrected chi connectivity index (χ3v) is 4.84. The maximum absolute atomic E-state index is 11.3. The smallest absolute Gasteiger partial charge is 0.305 e. The average Bonchev–Trinajstić information content (AvgIpc) is 3.01. The molecule has 3 heteroatoms. The molecule has 0 atom stereocenters. The summed E-state index contributed by atoms with van der Waals surface area (Å²) in [7, 11) is 0. The second-order valence-electron chi connectivity index (χ2n) is 7.46. The van der Waals surface area contributed by atoms with Crippen molar-refractivity contribution in [3.8, 4) is 11.8 Å². The van der Waals surface area contributed by atoms with Gasteiger partial charge in [-0.05, 0) is 74.6 Å². The number of rotatable bonds is 6. The van der Waals surface area contributed by atoms with Crippen LogP contribution in [0, 0.1) is 17.3 Å². The molecule has 0 aromatic carbocycles. The van der Waals surface area contributed by atoms with Crippen molar-refractivity contribution >= 4 is 5.97 Å². The van der Waals surface area contributed by atoms with E-state index >= 15 is 0 Å². The number of carbonyl (C=O) groups excluding carboxylic acids is 1. The molecule has 1 aromatic rings. The van der Waals surface area contributed by atoms with E-state index in [0.29, 0.717) is 18.8 Å². The number of ether oxygens (including phenoxy) is 1. The summed E-state index contributed by atoms with van der Waals surface area (Å²) in [6.45, 7) is 9.08.